The summed E-state index contributed by atoms with van der Waals surface area (Å²) in [5.41, 5.74) is -0.153. The van der Waals surface area contributed by atoms with E-state index in [4.69, 9.17) is 10.2 Å². The first-order chi connectivity index (χ1) is 6.41. The van der Waals surface area contributed by atoms with Crippen LogP contribution in [0.4, 0.5) is 0 Å². The lowest BCUT2D eigenvalue weighted by Crippen LogP contribution is -2.15. The molecule has 0 aliphatic carbocycles. The van der Waals surface area contributed by atoms with Crippen LogP contribution in [0.3, 0.4) is 0 Å². The quantitative estimate of drug-likeness (QED) is 0.520. The van der Waals surface area contributed by atoms with E-state index in [0.717, 1.165) is 0 Å². The molecule has 0 bridgehead atoms. The van der Waals surface area contributed by atoms with Crippen LogP contribution in [-0.2, 0) is 9.59 Å². The van der Waals surface area contributed by atoms with Crippen LogP contribution in [0.15, 0.2) is 23.8 Å². The summed E-state index contributed by atoms with van der Waals surface area (Å²) in [5.74, 6) is -2.70. The lowest BCUT2D eigenvalue weighted by atomic mass is 9.95. The molecular formula is C10H14O4. The fourth-order valence-corrected chi connectivity index (χ4v) is 1.18. The highest BCUT2D eigenvalue weighted by Gasteiger charge is 2.21. The van der Waals surface area contributed by atoms with Gasteiger partial charge in [-0.2, -0.15) is 0 Å². The molecule has 0 unspecified atom stereocenters. The molecule has 0 rings (SSSR count). The Morgan fingerprint density at radius 2 is 1.79 bits per heavy atom. The molecule has 0 atom stereocenters. The smallest absolute Gasteiger partial charge is 0.332 e. The monoisotopic (exact) mass is 198 g/mol. The van der Waals surface area contributed by atoms with Gasteiger partial charge in [0.15, 0.2) is 0 Å². The first-order valence-corrected chi connectivity index (χ1v) is 4.22. The van der Waals surface area contributed by atoms with Gasteiger partial charge in [-0.3, -0.25) is 0 Å². The Morgan fingerprint density at radius 3 is 2.00 bits per heavy atom. The molecule has 0 radical (unpaired) electrons. The number of allylic oxidation sites excluding steroid dienone is 1. The zero-order valence-corrected chi connectivity index (χ0v) is 8.28. The Kier molecular flexibility index (Phi) is 4.63. The standard InChI is InChI=1S/C10H14O4/c1-4-5-7(9(11)12)8(6(2)3)10(13)14/h4,6H,1,5H2,2-3H3,(H,11,12)(H,13,14)/b8-7+. The highest BCUT2D eigenvalue weighted by atomic mass is 16.4. The topological polar surface area (TPSA) is 74.6 Å². The van der Waals surface area contributed by atoms with Crippen molar-refractivity contribution >= 4 is 11.9 Å². The minimum atomic E-state index is -1.20. The van der Waals surface area contributed by atoms with Crippen molar-refractivity contribution in [2.24, 2.45) is 5.92 Å². The molecule has 0 saturated heterocycles. The van der Waals surface area contributed by atoms with Gasteiger partial charge in [-0.05, 0) is 12.3 Å². The Hall–Kier alpha value is -1.58. The van der Waals surface area contributed by atoms with E-state index in [1.165, 1.54) is 6.08 Å². The first kappa shape index (κ1) is 12.4. The summed E-state index contributed by atoms with van der Waals surface area (Å²) in [4.78, 5) is 21.6. The molecular weight excluding hydrogens is 184 g/mol. The molecule has 0 saturated carbocycles. The van der Waals surface area contributed by atoms with Crippen molar-refractivity contribution < 1.29 is 19.8 Å². The number of aliphatic carboxylic acids is 2. The van der Waals surface area contributed by atoms with Crippen LogP contribution in [0.2, 0.25) is 0 Å². The zero-order chi connectivity index (χ0) is 11.3. The van der Waals surface area contributed by atoms with Crippen LogP contribution < -0.4 is 0 Å². The second-order valence-electron chi connectivity index (χ2n) is 3.15. The van der Waals surface area contributed by atoms with Gasteiger partial charge in [0.1, 0.15) is 0 Å². The summed E-state index contributed by atoms with van der Waals surface area (Å²) in [6, 6.07) is 0. The number of hydrogen-bond donors (Lipinski definition) is 2. The van der Waals surface area contributed by atoms with Crippen LogP contribution in [0, 0.1) is 5.92 Å². The van der Waals surface area contributed by atoms with Crippen molar-refractivity contribution in [1.82, 2.24) is 0 Å². The van der Waals surface area contributed by atoms with E-state index in [1.807, 2.05) is 0 Å². The molecule has 4 nitrogen and oxygen atoms in total. The highest BCUT2D eigenvalue weighted by molar-refractivity contribution is 5.99. The summed E-state index contributed by atoms with van der Waals surface area (Å²) in [7, 11) is 0. The van der Waals surface area contributed by atoms with E-state index in [2.05, 4.69) is 6.58 Å². The molecule has 0 fully saturated rings. The number of carboxylic acid groups (broad SMARTS) is 2. The van der Waals surface area contributed by atoms with Gasteiger partial charge in [-0.25, -0.2) is 9.59 Å². The molecule has 0 aliphatic heterocycles. The summed E-state index contributed by atoms with van der Waals surface area (Å²) in [5, 5.41) is 17.6. The lowest BCUT2D eigenvalue weighted by molar-refractivity contribution is -0.136. The van der Waals surface area contributed by atoms with E-state index in [-0.39, 0.29) is 23.5 Å². The summed E-state index contributed by atoms with van der Waals surface area (Å²) in [6.45, 7) is 6.69. The molecule has 4 heteroatoms. The number of carbonyl (C=O) groups is 2. The Morgan fingerprint density at radius 1 is 1.29 bits per heavy atom. The van der Waals surface area contributed by atoms with Crippen molar-refractivity contribution in [3.63, 3.8) is 0 Å². The summed E-state index contributed by atoms with van der Waals surface area (Å²) >= 11 is 0. The maximum Gasteiger partial charge on any atom is 0.332 e. The van der Waals surface area contributed by atoms with Crippen LogP contribution in [-0.4, -0.2) is 22.2 Å². The molecule has 14 heavy (non-hydrogen) atoms. The molecule has 78 valence electrons. The lowest BCUT2D eigenvalue weighted by Gasteiger charge is -2.10. The van der Waals surface area contributed by atoms with Gasteiger partial charge in [0.2, 0.25) is 0 Å². The highest BCUT2D eigenvalue weighted by Crippen LogP contribution is 2.18. The molecule has 2 N–H and O–H groups in total. The van der Waals surface area contributed by atoms with Gasteiger partial charge in [0.25, 0.3) is 0 Å². The van der Waals surface area contributed by atoms with E-state index in [1.54, 1.807) is 13.8 Å². The fourth-order valence-electron chi connectivity index (χ4n) is 1.18. The molecule has 0 heterocycles. The van der Waals surface area contributed by atoms with Gasteiger partial charge < -0.3 is 10.2 Å². The maximum absolute atomic E-state index is 10.8. The maximum atomic E-state index is 10.8. The number of hydrogen-bond acceptors (Lipinski definition) is 2. The second kappa shape index (κ2) is 5.21. The van der Waals surface area contributed by atoms with Crippen LogP contribution in [0.25, 0.3) is 0 Å². The third-order valence-corrected chi connectivity index (χ3v) is 1.74. The molecule has 0 aromatic heterocycles. The zero-order valence-electron chi connectivity index (χ0n) is 8.28. The third kappa shape index (κ3) is 3.05. The van der Waals surface area contributed by atoms with Gasteiger partial charge in [0.05, 0.1) is 11.1 Å². The van der Waals surface area contributed by atoms with Crippen molar-refractivity contribution in [3.8, 4) is 0 Å². The Bertz CT molecular complexity index is 286. The third-order valence-electron chi connectivity index (χ3n) is 1.74. The second-order valence-corrected chi connectivity index (χ2v) is 3.15. The normalized spacial score (nSPS) is 12.2. The average Bonchev–Trinajstić information content (AvgIpc) is 2.01. The minimum absolute atomic E-state index is 0.0580. The van der Waals surface area contributed by atoms with Gasteiger partial charge in [0, 0.05) is 0 Å². The largest absolute Gasteiger partial charge is 0.478 e. The Balaban J connectivity index is 5.37. The van der Waals surface area contributed by atoms with Crippen molar-refractivity contribution in [2.45, 2.75) is 20.3 Å². The van der Waals surface area contributed by atoms with Gasteiger partial charge >= 0.3 is 11.9 Å². The molecule has 0 aromatic rings. The molecule has 0 amide bonds. The van der Waals surface area contributed by atoms with Crippen LogP contribution >= 0.6 is 0 Å². The van der Waals surface area contributed by atoms with Gasteiger partial charge in [-0.15, -0.1) is 6.58 Å². The van der Waals surface area contributed by atoms with Crippen molar-refractivity contribution in [2.75, 3.05) is 0 Å². The fraction of sp³-hybridized carbons (Fsp3) is 0.400. The molecule has 0 spiro atoms. The van der Waals surface area contributed by atoms with Gasteiger partial charge in [-0.1, -0.05) is 19.9 Å². The van der Waals surface area contributed by atoms with E-state index >= 15 is 0 Å². The average molecular weight is 198 g/mol. The van der Waals surface area contributed by atoms with Crippen molar-refractivity contribution in [1.29, 1.82) is 0 Å². The van der Waals surface area contributed by atoms with E-state index in [9.17, 15) is 9.59 Å². The molecule has 0 aliphatic rings. The predicted molar refractivity (Wildman–Crippen MR) is 51.9 cm³/mol. The number of carboxylic acids is 2. The summed E-state index contributed by atoms with van der Waals surface area (Å²) < 4.78 is 0. The van der Waals surface area contributed by atoms with Crippen molar-refractivity contribution in [3.05, 3.63) is 23.8 Å². The first-order valence-electron chi connectivity index (χ1n) is 4.22. The van der Waals surface area contributed by atoms with E-state index < -0.39 is 11.9 Å². The Labute approximate surface area is 82.6 Å². The van der Waals surface area contributed by atoms with Crippen LogP contribution in [0.5, 0.6) is 0 Å². The predicted octanol–water partition coefficient (Wildman–Crippen LogP) is 1.68. The minimum Gasteiger partial charge on any atom is -0.478 e. The number of rotatable bonds is 5. The van der Waals surface area contributed by atoms with E-state index in [0.29, 0.717) is 0 Å². The SMILES string of the molecule is C=CC/C(C(=O)O)=C(\C(=O)O)C(C)C. The summed E-state index contributed by atoms with van der Waals surface area (Å²) in [6.07, 6.45) is 1.45. The molecule has 0 aromatic carbocycles. The van der Waals surface area contributed by atoms with Crippen LogP contribution in [0.1, 0.15) is 20.3 Å².